The summed E-state index contributed by atoms with van der Waals surface area (Å²) in [4.78, 5) is 28.4. The molecule has 0 aliphatic heterocycles. The maximum absolute atomic E-state index is 13.1. The van der Waals surface area contributed by atoms with Crippen molar-refractivity contribution in [3.63, 3.8) is 0 Å². The third-order valence-electron chi connectivity index (χ3n) is 4.90. The molecule has 0 fully saturated rings. The lowest BCUT2D eigenvalue weighted by molar-refractivity contribution is -0.0925. The fourth-order valence-corrected chi connectivity index (χ4v) is 3.25. The van der Waals surface area contributed by atoms with Crippen LogP contribution in [0.1, 0.15) is 31.8 Å². The number of alkyl halides is 3. The molecule has 0 unspecified atom stereocenters. The largest absolute Gasteiger partial charge is 0.478 e. The van der Waals surface area contributed by atoms with Gasteiger partial charge in [-0.3, -0.25) is 4.79 Å². The number of carbonyl (C=O) groups excluding carboxylic acids is 1. The van der Waals surface area contributed by atoms with Crippen LogP contribution in [0.3, 0.4) is 0 Å². The van der Waals surface area contributed by atoms with Gasteiger partial charge in [0, 0.05) is 11.1 Å². The van der Waals surface area contributed by atoms with Crippen LogP contribution in [-0.4, -0.2) is 28.9 Å². The molecule has 0 heterocycles. The molecule has 6 nitrogen and oxygen atoms in total. The molecule has 0 saturated heterocycles. The summed E-state index contributed by atoms with van der Waals surface area (Å²) in [5, 5.41) is 12.2. The SMILES string of the molecule is Cc1cccc(C(=O)O)c1NC(=O)c1ccc(C(C=C(N)C(F)(F)F)=Nc2ccccc2Cl)cc1. The maximum Gasteiger partial charge on any atom is 0.430 e. The highest BCUT2D eigenvalue weighted by Gasteiger charge is 2.31. The molecule has 3 rings (SSSR count). The van der Waals surface area contributed by atoms with Crippen LogP contribution in [0.2, 0.25) is 5.02 Å². The Labute approximate surface area is 203 Å². The first-order valence-electron chi connectivity index (χ1n) is 10.1. The zero-order chi connectivity index (χ0) is 25.8. The molecule has 35 heavy (non-hydrogen) atoms. The minimum absolute atomic E-state index is 0.0723. The van der Waals surface area contributed by atoms with Gasteiger partial charge in [0.05, 0.1) is 27.7 Å². The fourth-order valence-electron chi connectivity index (χ4n) is 3.07. The van der Waals surface area contributed by atoms with Crippen LogP contribution in [0.25, 0.3) is 0 Å². The molecular weight excluding hydrogens is 483 g/mol. The van der Waals surface area contributed by atoms with E-state index in [1.807, 2.05) is 0 Å². The number of carboxylic acids is 1. The number of carboxylic acid groups (broad SMARTS) is 1. The van der Waals surface area contributed by atoms with Gasteiger partial charge in [0.15, 0.2) is 0 Å². The van der Waals surface area contributed by atoms with Gasteiger partial charge in [0.2, 0.25) is 0 Å². The van der Waals surface area contributed by atoms with Crippen LogP contribution in [0.15, 0.2) is 83.5 Å². The van der Waals surface area contributed by atoms with Gasteiger partial charge in [-0.15, -0.1) is 0 Å². The number of nitrogens with one attached hydrogen (secondary N) is 1. The number of rotatable bonds is 6. The maximum atomic E-state index is 13.1. The van der Waals surface area contributed by atoms with E-state index in [2.05, 4.69) is 10.3 Å². The van der Waals surface area contributed by atoms with Gasteiger partial charge < -0.3 is 16.2 Å². The summed E-state index contributed by atoms with van der Waals surface area (Å²) in [6, 6.07) is 16.5. The smallest absolute Gasteiger partial charge is 0.430 e. The van der Waals surface area contributed by atoms with E-state index in [-0.39, 0.29) is 38.8 Å². The first-order chi connectivity index (χ1) is 16.5. The summed E-state index contributed by atoms with van der Waals surface area (Å²) < 4.78 is 39.2. The predicted octanol–water partition coefficient (Wildman–Crippen LogP) is 6.12. The Hall–Kier alpha value is -4.11. The number of para-hydroxylation sites is 2. The average Bonchev–Trinajstić information content (AvgIpc) is 2.80. The number of hydrogen-bond donors (Lipinski definition) is 3. The monoisotopic (exact) mass is 501 g/mol. The van der Waals surface area contributed by atoms with E-state index in [4.69, 9.17) is 17.3 Å². The normalized spacial score (nSPS) is 12.4. The van der Waals surface area contributed by atoms with Crippen molar-refractivity contribution in [2.24, 2.45) is 10.7 Å². The number of nitrogens with zero attached hydrogens (tertiary/aromatic N) is 1. The number of nitrogens with two attached hydrogens (primary N) is 1. The average molecular weight is 502 g/mol. The number of carbonyl (C=O) groups is 2. The summed E-state index contributed by atoms with van der Waals surface area (Å²) >= 11 is 6.10. The first-order valence-corrected chi connectivity index (χ1v) is 10.5. The Bertz CT molecular complexity index is 1330. The minimum atomic E-state index is -4.77. The molecule has 0 aliphatic rings. The van der Waals surface area contributed by atoms with Gasteiger partial charge in [0.1, 0.15) is 5.70 Å². The van der Waals surface area contributed by atoms with E-state index in [0.29, 0.717) is 11.6 Å². The van der Waals surface area contributed by atoms with Crippen molar-refractivity contribution in [2.75, 3.05) is 5.32 Å². The Morgan fingerprint density at radius 2 is 1.63 bits per heavy atom. The van der Waals surface area contributed by atoms with Crippen LogP contribution in [0, 0.1) is 6.92 Å². The number of hydrogen-bond acceptors (Lipinski definition) is 4. The molecule has 0 bridgehead atoms. The van der Waals surface area contributed by atoms with E-state index in [1.165, 1.54) is 36.4 Å². The van der Waals surface area contributed by atoms with Gasteiger partial charge >= 0.3 is 12.1 Å². The molecule has 4 N–H and O–H groups in total. The number of aryl methyl sites for hydroxylation is 1. The molecule has 3 aromatic rings. The zero-order valence-corrected chi connectivity index (χ0v) is 19.0. The Morgan fingerprint density at radius 3 is 2.23 bits per heavy atom. The zero-order valence-electron chi connectivity index (χ0n) is 18.2. The van der Waals surface area contributed by atoms with E-state index < -0.39 is 23.7 Å². The number of halogens is 4. The van der Waals surface area contributed by atoms with Gasteiger partial charge in [-0.2, -0.15) is 13.2 Å². The summed E-state index contributed by atoms with van der Waals surface area (Å²) in [7, 11) is 0. The third kappa shape index (κ3) is 6.27. The van der Waals surface area contributed by atoms with E-state index in [0.717, 1.165) is 0 Å². The summed E-state index contributed by atoms with van der Waals surface area (Å²) in [6.45, 7) is 1.65. The van der Waals surface area contributed by atoms with Gasteiger partial charge in [-0.25, -0.2) is 9.79 Å². The van der Waals surface area contributed by atoms with Crippen LogP contribution < -0.4 is 11.1 Å². The van der Waals surface area contributed by atoms with Crippen molar-refractivity contribution in [3.8, 4) is 0 Å². The topological polar surface area (TPSA) is 105 Å². The van der Waals surface area contributed by atoms with Crippen LogP contribution >= 0.6 is 11.6 Å². The molecule has 0 saturated carbocycles. The number of benzene rings is 3. The second-order valence-electron chi connectivity index (χ2n) is 7.38. The second-order valence-corrected chi connectivity index (χ2v) is 7.79. The van der Waals surface area contributed by atoms with Crippen LogP contribution in [0.4, 0.5) is 24.5 Å². The van der Waals surface area contributed by atoms with E-state index in [9.17, 15) is 27.9 Å². The van der Waals surface area contributed by atoms with Gasteiger partial charge in [-0.05, 0) is 48.9 Å². The van der Waals surface area contributed by atoms with Crippen molar-refractivity contribution in [1.29, 1.82) is 0 Å². The lowest BCUT2D eigenvalue weighted by Crippen LogP contribution is -2.21. The third-order valence-corrected chi connectivity index (χ3v) is 5.22. The minimum Gasteiger partial charge on any atom is -0.478 e. The Morgan fingerprint density at radius 1 is 1.00 bits per heavy atom. The first kappa shape index (κ1) is 25.5. The number of aliphatic imine (C=N–C) groups is 1. The molecule has 3 aromatic carbocycles. The van der Waals surface area contributed by atoms with Crippen LogP contribution in [-0.2, 0) is 0 Å². The van der Waals surface area contributed by atoms with Crippen molar-refractivity contribution in [1.82, 2.24) is 0 Å². The highest BCUT2D eigenvalue weighted by Crippen LogP contribution is 2.27. The van der Waals surface area contributed by atoms with Gasteiger partial charge in [-0.1, -0.05) is 48.0 Å². The molecule has 0 spiro atoms. The van der Waals surface area contributed by atoms with Gasteiger partial charge in [0.25, 0.3) is 5.91 Å². The quantitative estimate of drug-likeness (QED) is 0.354. The molecule has 0 aromatic heterocycles. The van der Waals surface area contributed by atoms with Crippen molar-refractivity contribution in [2.45, 2.75) is 13.1 Å². The summed E-state index contributed by atoms with van der Waals surface area (Å²) in [5.74, 6) is -1.79. The second kappa shape index (κ2) is 10.4. The highest BCUT2D eigenvalue weighted by atomic mass is 35.5. The highest BCUT2D eigenvalue weighted by molar-refractivity contribution is 6.33. The van der Waals surface area contributed by atoms with Crippen molar-refractivity contribution < 1.29 is 27.9 Å². The molecule has 0 radical (unpaired) electrons. The summed E-state index contributed by atoms with van der Waals surface area (Å²) in [5.41, 5.74) is 4.99. The van der Waals surface area contributed by atoms with Crippen molar-refractivity contribution in [3.05, 3.63) is 106 Å². The van der Waals surface area contributed by atoms with Crippen LogP contribution in [0.5, 0.6) is 0 Å². The molecule has 1 amide bonds. The Balaban J connectivity index is 1.97. The molecule has 10 heteroatoms. The van der Waals surface area contributed by atoms with E-state index in [1.54, 1.807) is 37.3 Å². The molecule has 0 aliphatic carbocycles. The number of aromatic carboxylic acids is 1. The molecular formula is C25H19ClF3N3O3. The number of allylic oxidation sites excluding steroid dienone is 2. The van der Waals surface area contributed by atoms with E-state index >= 15 is 0 Å². The standard InChI is InChI=1S/C25H19ClF3N3O3/c1-14-5-4-6-17(24(34)35)22(14)32-23(33)16-11-9-15(10-12-16)20(13-21(30)25(27,28)29)31-19-8-3-2-7-18(19)26/h2-13H,30H2,1H3,(H,32,33)(H,34,35). The lowest BCUT2D eigenvalue weighted by atomic mass is 10.0. The Kier molecular flexibility index (Phi) is 7.61. The molecule has 180 valence electrons. The molecule has 0 atom stereocenters. The fraction of sp³-hybridized carbons (Fsp3) is 0.0800. The van der Waals surface area contributed by atoms with Crippen molar-refractivity contribution >= 4 is 40.6 Å². The number of anilines is 1. The number of amides is 1. The predicted molar refractivity (Wildman–Crippen MR) is 129 cm³/mol. The summed E-state index contributed by atoms with van der Waals surface area (Å²) in [6.07, 6.45) is -4.08. The lowest BCUT2D eigenvalue weighted by Gasteiger charge is -2.12.